The monoisotopic (exact) mass is 282 g/mol. The zero-order valence-corrected chi connectivity index (χ0v) is 12.7. The summed E-state index contributed by atoms with van der Waals surface area (Å²) in [7, 11) is 0. The maximum atomic E-state index is 6.16. The van der Waals surface area contributed by atoms with E-state index in [1.54, 1.807) is 0 Å². The van der Waals surface area contributed by atoms with Crippen LogP contribution in [0.25, 0.3) is 0 Å². The smallest absolute Gasteiger partial charge is 0.152 e. The summed E-state index contributed by atoms with van der Waals surface area (Å²) >= 11 is 0. The Kier molecular flexibility index (Phi) is 3.69. The van der Waals surface area contributed by atoms with Crippen LogP contribution >= 0.6 is 0 Å². The highest BCUT2D eigenvalue weighted by Crippen LogP contribution is 2.25. The molecular formula is C17H22N4. The first-order valence-electron chi connectivity index (χ1n) is 7.43. The minimum absolute atomic E-state index is 0.807. The van der Waals surface area contributed by atoms with Crippen molar-refractivity contribution in [3.05, 3.63) is 47.7 Å². The molecule has 1 aliphatic rings. The first-order valence-corrected chi connectivity index (χ1v) is 7.43. The summed E-state index contributed by atoms with van der Waals surface area (Å²) in [4.78, 5) is 9.17. The molecule has 0 bridgehead atoms. The van der Waals surface area contributed by atoms with Gasteiger partial charge in [0.25, 0.3) is 0 Å². The van der Waals surface area contributed by atoms with Crippen molar-refractivity contribution in [1.29, 1.82) is 0 Å². The third-order valence-corrected chi connectivity index (χ3v) is 4.13. The van der Waals surface area contributed by atoms with E-state index >= 15 is 0 Å². The van der Waals surface area contributed by atoms with Crippen LogP contribution in [0.4, 0.5) is 17.2 Å². The van der Waals surface area contributed by atoms with Crippen LogP contribution in [0.3, 0.4) is 0 Å². The Morgan fingerprint density at radius 2 is 1.71 bits per heavy atom. The molecule has 110 valence electrons. The van der Waals surface area contributed by atoms with Crippen LogP contribution in [0.15, 0.2) is 36.5 Å². The van der Waals surface area contributed by atoms with Gasteiger partial charge in [-0.1, -0.05) is 12.1 Å². The molecule has 1 aromatic heterocycles. The second-order valence-electron chi connectivity index (χ2n) is 5.68. The van der Waals surface area contributed by atoms with Crippen LogP contribution in [-0.2, 0) is 0 Å². The topological polar surface area (TPSA) is 45.4 Å². The first kappa shape index (κ1) is 13.7. The SMILES string of the molecule is Cc1cccc(N2CCN(c3nccc(C)c3N)CC2)c1. The molecule has 4 heteroatoms. The first-order chi connectivity index (χ1) is 10.1. The lowest BCUT2D eigenvalue weighted by Gasteiger charge is -2.37. The average molecular weight is 282 g/mol. The van der Waals surface area contributed by atoms with Gasteiger partial charge in [0, 0.05) is 38.1 Å². The molecule has 3 rings (SSSR count). The zero-order valence-electron chi connectivity index (χ0n) is 12.7. The van der Waals surface area contributed by atoms with E-state index in [0.29, 0.717) is 0 Å². The van der Waals surface area contributed by atoms with E-state index in [9.17, 15) is 0 Å². The summed E-state index contributed by atoms with van der Waals surface area (Å²) in [6, 6.07) is 10.6. The summed E-state index contributed by atoms with van der Waals surface area (Å²) in [5.74, 6) is 0.930. The molecule has 1 saturated heterocycles. The lowest BCUT2D eigenvalue weighted by Crippen LogP contribution is -2.47. The van der Waals surface area contributed by atoms with E-state index in [4.69, 9.17) is 5.73 Å². The molecule has 0 spiro atoms. The predicted molar refractivity (Wildman–Crippen MR) is 89.0 cm³/mol. The van der Waals surface area contributed by atoms with Gasteiger partial charge in [0.1, 0.15) is 0 Å². The number of benzene rings is 1. The van der Waals surface area contributed by atoms with Gasteiger partial charge in [-0.15, -0.1) is 0 Å². The second kappa shape index (κ2) is 5.64. The lowest BCUT2D eigenvalue weighted by molar-refractivity contribution is 0.648. The van der Waals surface area contributed by atoms with Gasteiger partial charge in [-0.05, 0) is 43.2 Å². The highest BCUT2D eigenvalue weighted by molar-refractivity contribution is 5.67. The predicted octanol–water partition coefficient (Wildman–Crippen LogP) is 2.61. The van der Waals surface area contributed by atoms with Gasteiger partial charge in [0.15, 0.2) is 5.82 Å². The second-order valence-corrected chi connectivity index (χ2v) is 5.68. The number of nitrogens with two attached hydrogens (primary N) is 1. The number of nitrogen functional groups attached to an aromatic ring is 1. The molecule has 0 radical (unpaired) electrons. The van der Waals surface area contributed by atoms with E-state index in [1.807, 2.05) is 19.2 Å². The Balaban J connectivity index is 1.72. The van der Waals surface area contributed by atoms with Crippen molar-refractivity contribution in [1.82, 2.24) is 4.98 Å². The molecule has 1 fully saturated rings. The number of rotatable bonds is 2. The highest BCUT2D eigenvalue weighted by Gasteiger charge is 2.20. The molecule has 0 aliphatic carbocycles. The summed E-state index contributed by atoms with van der Waals surface area (Å²) < 4.78 is 0. The summed E-state index contributed by atoms with van der Waals surface area (Å²) in [6.45, 7) is 8.07. The van der Waals surface area contributed by atoms with Gasteiger partial charge >= 0.3 is 0 Å². The Labute approximate surface area is 126 Å². The standard InChI is InChI=1S/C17H22N4/c1-13-4-3-5-15(12-13)20-8-10-21(11-9-20)17-16(18)14(2)6-7-19-17/h3-7,12H,8-11,18H2,1-2H3. The van der Waals surface area contributed by atoms with E-state index < -0.39 is 0 Å². The summed E-state index contributed by atoms with van der Waals surface area (Å²) in [6.07, 6.45) is 1.84. The van der Waals surface area contributed by atoms with Crippen molar-refractivity contribution in [3.63, 3.8) is 0 Å². The van der Waals surface area contributed by atoms with Gasteiger partial charge < -0.3 is 15.5 Å². The van der Waals surface area contributed by atoms with Gasteiger partial charge in [0.05, 0.1) is 5.69 Å². The summed E-state index contributed by atoms with van der Waals surface area (Å²) in [5, 5.41) is 0. The molecule has 0 saturated carbocycles. The largest absolute Gasteiger partial charge is 0.396 e. The van der Waals surface area contributed by atoms with E-state index in [1.165, 1.54) is 11.3 Å². The molecule has 1 aliphatic heterocycles. The van der Waals surface area contributed by atoms with Crippen LogP contribution in [0.2, 0.25) is 0 Å². The number of anilines is 3. The molecular weight excluding hydrogens is 260 g/mol. The molecule has 0 unspecified atom stereocenters. The van der Waals surface area contributed by atoms with Crippen molar-refractivity contribution in [2.24, 2.45) is 0 Å². The molecule has 2 N–H and O–H groups in total. The average Bonchev–Trinajstić information content (AvgIpc) is 2.50. The number of aryl methyl sites for hydroxylation is 2. The van der Waals surface area contributed by atoms with Crippen LogP contribution in [0.1, 0.15) is 11.1 Å². The fourth-order valence-corrected chi connectivity index (χ4v) is 2.81. The van der Waals surface area contributed by atoms with Crippen LogP contribution in [0.5, 0.6) is 0 Å². The fourth-order valence-electron chi connectivity index (χ4n) is 2.81. The van der Waals surface area contributed by atoms with Crippen LogP contribution in [-0.4, -0.2) is 31.2 Å². The number of hydrogen-bond acceptors (Lipinski definition) is 4. The molecule has 21 heavy (non-hydrogen) atoms. The van der Waals surface area contributed by atoms with E-state index in [2.05, 4.69) is 46.0 Å². The fraction of sp³-hybridized carbons (Fsp3) is 0.353. The van der Waals surface area contributed by atoms with Gasteiger partial charge in [-0.2, -0.15) is 0 Å². The third kappa shape index (κ3) is 2.79. The molecule has 4 nitrogen and oxygen atoms in total. The van der Waals surface area contributed by atoms with Gasteiger partial charge in [-0.25, -0.2) is 4.98 Å². The third-order valence-electron chi connectivity index (χ3n) is 4.13. The zero-order chi connectivity index (χ0) is 14.8. The highest BCUT2D eigenvalue weighted by atomic mass is 15.3. The number of aromatic nitrogens is 1. The Morgan fingerprint density at radius 1 is 1.00 bits per heavy atom. The molecule has 2 heterocycles. The van der Waals surface area contributed by atoms with Crippen LogP contribution < -0.4 is 15.5 Å². The normalized spacial score (nSPS) is 15.3. The number of pyridine rings is 1. The minimum Gasteiger partial charge on any atom is -0.396 e. The van der Waals surface area contributed by atoms with E-state index in [0.717, 1.165) is 43.2 Å². The van der Waals surface area contributed by atoms with Crippen molar-refractivity contribution in [2.45, 2.75) is 13.8 Å². The number of piperazine rings is 1. The Morgan fingerprint density at radius 3 is 2.43 bits per heavy atom. The van der Waals surface area contributed by atoms with E-state index in [-0.39, 0.29) is 0 Å². The van der Waals surface area contributed by atoms with Crippen LogP contribution in [0, 0.1) is 13.8 Å². The minimum atomic E-state index is 0.807. The van der Waals surface area contributed by atoms with Crippen molar-refractivity contribution in [2.75, 3.05) is 41.7 Å². The maximum Gasteiger partial charge on any atom is 0.152 e. The molecule has 0 atom stereocenters. The quantitative estimate of drug-likeness (QED) is 0.919. The number of hydrogen-bond donors (Lipinski definition) is 1. The van der Waals surface area contributed by atoms with Crippen molar-refractivity contribution < 1.29 is 0 Å². The van der Waals surface area contributed by atoms with Gasteiger partial charge in [0.2, 0.25) is 0 Å². The molecule has 1 aromatic carbocycles. The Hall–Kier alpha value is -2.23. The lowest BCUT2D eigenvalue weighted by atomic mass is 10.2. The van der Waals surface area contributed by atoms with Crippen molar-refractivity contribution >= 4 is 17.2 Å². The Bertz CT molecular complexity index is 630. The number of nitrogens with zero attached hydrogens (tertiary/aromatic N) is 3. The van der Waals surface area contributed by atoms with Crippen molar-refractivity contribution in [3.8, 4) is 0 Å². The maximum absolute atomic E-state index is 6.16. The molecule has 0 amide bonds. The summed E-state index contributed by atoms with van der Waals surface area (Å²) in [5.41, 5.74) is 10.7. The van der Waals surface area contributed by atoms with Gasteiger partial charge in [-0.3, -0.25) is 0 Å². The molecule has 2 aromatic rings.